The number of likely N-dealkylation sites (tertiary alicyclic amines) is 1. The molecule has 0 aliphatic carbocycles. The van der Waals surface area contributed by atoms with E-state index < -0.39 is 17.5 Å². The second-order valence-corrected chi connectivity index (χ2v) is 7.59. The molecule has 7 heteroatoms. The van der Waals surface area contributed by atoms with Crippen LogP contribution in [0.3, 0.4) is 0 Å². The fraction of sp³-hybridized carbons (Fsp3) is 0.261. The summed E-state index contributed by atoms with van der Waals surface area (Å²) in [5.74, 6) is -2.79. The first-order chi connectivity index (χ1) is 14.5. The molecule has 3 aromatic rings. The van der Waals surface area contributed by atoms with E-state index in [2.05, 4.69) is 10.3 Å². The molecule has 1 aliphatic rings. The third kappa shape index (κ3) is 4.57. The summed E-state index contributed by atoms with van der Waals surface area (Å²) >= 11 is 0. The lowest BCUT2D eigenvalue weighted by Crippen LogP contribution is -2.40. The van der Waals surface area contributed by atoms with Crippen LogP contribution in [-0.2, 0) is 11.3 Å². The summed E-state index contributed by atoms with van der Waals surface area (Å²) < 4.78 is 41.1. The van der Waals surface area contributed by atoms with Gasteiger partial charge >= 0.3 is 0 Å². The Bertz CT molecular complexity index is 1040. The lowest BCUT2D eigenvalue weighted by atomic mass is 9.96. The van der Waals surface area contributed by atoms with E-state index in [9.17, 15) is 18.0 Å². The summed E-state index contributed by atoms with van der Waals surface area (Å²) in [7, 11) is 0. The van der Waals surface area contributed by atoms with Crippen molar-refractivity contribution in [1.82, 2.24) is 9.88 Å². The second-order valence-electron chi connectivity index (χ2n) is 7.59. The van der Waals surface area contributed by atoms with Crippen molar-refractivity contribution in [2.45, 2.75) is 19.4 Å². The molecule has 0 spiro atoms. The largest absolute Gasteiger partial charge is 0.361 e. The Balaban J connectivity index is 1.39. The maximum absolute atomic E-state index is 14.5. The van der Waals surface area contributed by atoms with Gasteiger partial charge in [0.25, 0.3) is 0 Å². The molecule has 1 aliphatic heterocycles. The summed E-state index contributed by atoms with van der Waals surface area (Å²) in [5.41, 5.74) is 2.30. The van der Waals surface area contributed by atoms with E-state index in [1.54, 1.807) is 24.4 Å². The van der Waals surface area contributed by atoms with Crippen molar-refractivity contribution in [2.75, 3.05) is 18.4 Å². The van der Waals surface area contributed by atoms with Gasteiger partial charge in [-0.2, -0.15) is 0 Å². The summed E-state index contributed by atoms with van der Waals surface area (Å²) in [4.78, 5) is 17.8. The Morgan fingerprint density at radius 2 is 1.93 bits per heavy atom. The van der Waals surface area contributed by atoms with Gasteiger partial charge < -0.3 is 10.3 Å². The van der Waals surface area contributed by atoms with Crippen molar-refractivity contribution in [3.05, 3.63) is 77.7 Å². The SMILES string of the molecule is O=C(Nc1ccc(-c2ccc[nH]2)cc1F)[C@H]1CCCN(Cc2ccc(F)c(F)c2)C1. The minimum atomic E-state index is -0.878. The highest BCUT2D eigenvalue weighted by atomic mass is 19.2. The highest BCUT2D eigenvalue weighted by Gasteiger charge is 2.26. The second kappa shape index (κ2) is 8.75. The fourth-order valence-corrected chi connectivity index (χ4v) is 3.84. The number of halogens is 3. The maximum atomic E-state index is 14.5. The van der Waals surface area contributed by atoms with Gasteiger partial charge in [-0.3, -0.25) is 9.69 Å². The number of carbonyl (C=O) groups excluding carboxylic acids is 1. The molecule has 1 atom stereocenters. The monoisotopic (exact) mass is 413 g/mol. The van der Waals surface area contributed by atoms with E-state index in [-0.39, 0.29) is 17.5 Å². The molecular weight excluding hydrogens is 391 g/mol. The quantitative estimate of drug-likeness (QED) is 0.622. The molecule has 0 bridgehead atoms. The smallest absolute Gasteiger partial charge is 0.228 e. The van der Waals surface area contributed by atoms with Crippen LogP contribution in [0.25, 0.3) is 11.3 Å². The van der Waals surface area contributed by atoms with Gasteiger partial charge in [0.15, 0.2) is 11.6 Å². The first kappa shape index (κ1) is 20.2. The number of nitrogens with zero attached hydrogens (tertiary/aromatic N) is 1. The topological polar surface area (TPSA) is 48.1 Å². The zero-order valence-electron chi connectivity index (χ0n) is 16.3. The average molecular weight is 413 g/mol. The maximum Gasteiger partial charge on any atom is 0.228 e. The number of anilines is 1. The van der Waals surface area contributed by atoms with Gasteiger partial charge in [0, 0.05) is 30.5 Å². The zero-order valence-corrected chi connectivity index (χ0v) is 16.3. The van der Waals surface area contributed by atoms with Gasteiger partial charge in [0.1, 0.15) is 5.82 Å². The van der Waals surface area contributed by atoms with Crippen LogP contribution in [-0.4, -0.2) is 28.9 Å². The molecule has 4 rings (SSSR count). The minimum absolute atomic E-state index is 0.146. The number of rotatable bonds is 5. The predicted octanol–water partition coefficient (Wildman–Crippen LogP) is 4.95. The Morgan fingerprint density at radius 1 is 1.07 bits per heavy atom. The van der Waals surface area contributed by atoms with Gasteiger partial charge in [-0.25, -0.2) is 13.2 Å². The number of H-pyrrole nitrogens is 1. The van der Waals surface area contributed by atoms with E-state index in [1.165, 1.54) is 12.1 Å². The predicted molar refractivity (Wildman–Crippen MR) is 109 cm³/mol. The number of piperidine rings is 1. The third-order valence-corrected chi connectivity index (χ3v) is 5.40. The number of hydrogen-bond donors (Lipinski definition) is 2. The summed E-state index contributed by atoms with van der Waals surface area (Å²) in [6.07, 6.45) is 3.26. The van der Waals surface area contributed by atoms with Crippen LogP contribution in [0.5, 0.6) is 0 Å². The molecule has 0 unspecified atom stereocenters. The fourth-order valence-electron chi connectivity index (χ4n) is 3.84. The molecule has 1 aromatic heterocycles. The van der Waals surface area contributed by atoms with Crippen molar-refractivity contribution in [2.24, 2.45) is 5.92 Å². The first-order valence-corrected chi connectivity index (χ1v) is 9.90. The zero-order chi connectivity index (χ0) is 21.1. The Kier molecular flexibility index (Phi) is 5.90. The number of benzene rings is 2. The Hall–Kier alpha value is -3.06. The van der Waals surface area contributed by atoms with Crippen molar-refractivity contribution in [1.29, 1.82) is 0 Å². The van der Waals surface area contributed by atoms with Crippen LogP contribution in [0.1, 0.15) is 18.4 Å². The lowest BCUT2D eigenvalue weighted by Gasteiger charge is -2.32. The Morgan fingerprint density at radius 3 is 2.67 bits per heavy atom. The third-order valence-electron chi connectivity index (χ3n) is 5.40. The number of aromatic nitrogens is 1. The van der Waals surface area contributed by atoms with Gasteiger partial charge in [0.2, 0.25) is 5.91 Å². The van der Waals surface area contributed by atoms with Crippen molar-refractivity contribution < 1.29 is 18.0 Å². The molecule has 0 saturated carbocycles. The molecule has 1 amide bonds. The highest BCUT2D eigenvalue weighted by molar-refractivity contribution is 5.93. The highest BCUT2D eigenvalue weighted by Crippen LogP contribution is 2.25. The van der Waals surface area contributed by atoms with Crippen molar-refractivity contribution in [3.63, 3.8) is 0 Å². The number of carbonyl (C=O) groups is 1. The molecule has 2 N–H and O–H groups in total. The number of amides is 1. The van der Waals surface area contributed by atoms with Crippen LogP contribution in [0, 0.1) is 23.4 Å². The van der Waals surface area contributed by atoms with Crippen LogP contribution in [0.2, 0.25) is 0 Å². The molecule has 30 heavy (non-hydrogen) atoms. The average Bonchev–Trinajstić information content (AvgIpc) is 3.27. The van der Waals surface area contributed by atoms with Gasteiger partial charge in [-0.1, -0.05) is 12.1 Å². The van der Waals surface area contributed by atoms with E-state index in [0.29, 0.717) is 30.6 Å². The molecule has 2 aromatic carbocycles. The van der Waals surface area contributed by atoms with Gasteiger partial charge in [0.05, 0.1) is 11.6 Å². The van der Waals surface area contributed by atoms with E-state index in [0.717, 1.165) is 24.7 Å². The lowest BCUT2D eigenvalue weighted by molar-refractivity contribution is -0.121. The molecule has 0 radical (unpaired) electrons. The molecule has 1 saturated heterocycles. The van der Waals surface area contributed by atoms with Crippen LogP contribution >= 0.6 is 0 Å². The summed E-state index contributed by atoms with van der Waals surface area (Å²) in [6.45, 7) is 1.68. The Labute approximate surface area is 172 Å². The molecule has 1 fully saturated rings. The molecule has 4 nitrogen and oxygen atoms in total. The van der Waals surface area contributed by atoms with Crippen LogP contribution in [0.15, 0.2) is 54.7 Å². The van der Waals surface area contributed by atoms with E-state index >= 15 is 0 Å². The van der Waals surface area contributed by atoms with Gasteiger partial charge in [-0.15, -0.1) is 0 Å². The minimum Gasteiger partial charge on any atom is -0.361 e. The van der Waals surface area contributed by atoms with E-state index in [1.807, 2.05) is 17.0 Å². The number of hydrogen-bond acceptors (Lipinski definition) is 2. The van der Waals surface area contributed by atoms with Crippen molar-refractivity contribution in [3.8, 4) is 11.3 Å². The number of aromatic amines is 1. The van der Waals surface area contributed by atoms with Crippen LogP contribution in [0.4, 0.5) is 18.9 Å². The summed E-state index contributed by atoms with van der Waals surface area (Å²) in [5, 5.41) is 2.69. The van der Waals surface area contributed by atoms with Crippen molar-refractivity contribution >= 4 is 11.6 Å². The molecular formula is C23H22F3N3O. The number of nitrogens with one attached hydrogen (secondary N) is 2. The molecule has 156 valence electrons. The van der Waals surface area contributed by atoms with E-state index in [4.69, 9.17) is 0 Å². The van der Waals surface area contributed by atoms with Crippen LogP contribution < -0.4 is 5.32 Å². The standard InChI is InChI=1S/C23H22F3N3O/c24-18-7-5-15(11-19(18)25)13-29-10-2-3-17(14-29)23(30)28-22-8-6-16(12-20(22)26)21-4-1-9-27-21/h1,4-9,11-12,17,27H,2-3,10,13-14H2,(H,28,30)/t17-/m0/s1. The first-order valence-electron chi connectivity index (χ1n) is 9.90. The molecule has 2 heterocycles. The normalized spacial score (nSPS) is 17.1. The summed E-state index contributed by atoms with van der Waals surface area (Å²) in [6, 6.07) is 12.2. The van der Waals surface area contributed by atoms with Gasteiger partial charge in [-0.05, 0) is 61.3 Å².